The molecule has 0 fully saturated rings. The van der Waals surface area contributed by atoms with E-state index in [1.807, 2.05) is 24.3 Å². The molecule has 0 bridgehead atoms. The molecule has 3 N–H and O–H groups in total. The third kappa shape index (κ3) is 3.87. The molecule has 0 saturated heterocycles. The number of aliphatic carboxylic acids is 1. The first kappa shape index (κ1) is 16.8. The number of fused-ring (bicyclic) bond motifs is 1. The number of aromatic amines is 1. The van der Waals surface area contributed by atoms with Crippen LogP contribution in [0.5, 0.6) is 0 Å². The first-order valence-electron chi connectivity index (χ1n) is 7.97. The molecule has 2 unspecified atom stereocenters. The Bertz CT molecular complexity index is 797. The Hall–Kier alpha value is -2.08. The van der Waals surface area contributed by atoms with Crippen LogP contribution in [0.4, 0.5) is 0 Å². The van der Waals surface area contributed by atoms with Gasteiger partial charge < -0.3 is 15.4 Å². The second-order valence-corrected chi connectivity index (χ2v) is 7.05. The fourth-order valence-corrected chi connectivity index (χ4v) is 3.46. The number of nitrogens with one attached hydrogen (secondary N) is 2. The second kappa shape index (κ2) is 7.21. The highest BCUT2D eigenvalue weighted by atomic mass is 79.9. The highest BCUT2D eigenvalue weighted by molar-refractivity contribution is 9.10. The number of hydrogen-bond donors (Lipinski definition) is 3. The fraction of sp³-hybridized carbons (Fsp3) is 0.333. The normalized spacial score (nSPS) is 18.0. The van der Waals surface area contributed by atoms with E-state index in [4.69, 9.17) is 0 Å². The molecule has 6 heteroatoms. The van der Waals surface area contributed by atoms with Gasteiger partial charge in [-0.05, 0) is 42.5 Å². The van der Waals surface area contributed by atoms with Crippen molar-refractivity contribution in [3.05, 3.63) is 46.6 Å². The number of allylic oxidation sites excluding steroid dienone is 2. The average molecular weight is 391 g/mol. The molecule has 0 radical (unpaired) electrons. The van der Waals surface area contributed by atoms with Gasteiger partial charge in [0.15, 0.2) is 0 Å². The highest BCUT2D eigenvalue weighted by Crippen LogP contribution is 2.24. The van der Waals surface area contributed by atoms with Gasteiger partial charge >= 0.3 is 5.97 Å². The number of halogens is 1. The number of hydrogen-bond acceptors (Lipinski definition) is 2. The summed E-state index contributed by atoms with van der Waals surface area (Å²) < 4.78 is 0.930. The molecule has 3 rings (SSSR count). The minimum atomic E-state index is -1.02. The zero-order chi connectivity index (χ0) is 17.1. The van der Waals surface area contributed by atoms with Crippen LogP contribution in [-0.4, -0.2) is 28.0 Å². The van der Waals surface area contributed by atoms with Crippen LogP contribution in [0.2, 0.25) is 0 Å². The van der Waals surface area contributed by atoms with E-state index in [-0.39, 0.29) is 18.2 Å². The van der Waals surface area contributed by atoms with E-state index in [1.54, 1.807) is 6.20 Å². The Kier molecular flexibility index (Phi) is 5.04. The van der Waals surface area contributed by atoms with Gasteiger partial charge in [0.05, 0.1) is 0 Å². The molecular formula is C18H19BrN2O3. The van der Waals surface area contributed by atoms with E-state index in [1.165, 1.54) is 0 Å². The maximum Gasteiger partial charge on any atom is 0.326 e. The molecule has 2 atom stereocenters. The fourth-order valence-electron chi connectivity index (χ4n) is 3.10. The van der Waals surface area contributed by atoms with Crippen molar-refractivity contribution in [2.24, 2.45) is 5.92 Å². The molecule has 0 saturated carbocycles. The molecule has 2 aromatic rings. The average Bonchev–Trinajstić information content (AvgIpc) is 3.16. The SMILES string of the molecule is O=C(CC1C=CCC1)NC(Cc1c[nH]c2ccc(Br)cc12)C(=O)O. The summed E-state index contributed by atoms with van der Waals surface area (Å²) in [7, 11) is 0. The van der Waals surface area contributed by atoms with Crippen molar-refractivity contribution in [1.82, 2.24) is 10.3 Å². The van der Waals surface area contributed by atoms with Crippen molar-refractivity contribution in [3.63, 3.8) is 0 Å². The van der Waals surface area contributed by atoms with Gasteiger partial charge in [0.1, 0.15) is 6.04 Å². The predicted molar refractivity (Wildman–Crippen MR) is 95.8 cm³/mol. The van der Waals surface area contributed by atoms with E-state index < -0.39 is 12.0 Å². The minimum Gasteiger partial charge on any atom is -0.480 e. The number of carboxylic acid groups (broad SMARTS) is 1. The minimum absolute atomic E-state index is 0.208. The Morgan fingerprint density at radius 3 is 2.96 bits per heavy atom. The Balaban J connectivity index is 1.71. The van der Waals surface area contributed by atoms with Crippen LogP contribution in [0.3, 0.4) is 0 Å². The van der Waals surface area contributed by atoms with Gasteiger partial charge in [0.25, 0.3) is 0 Å². The third-order valence-electron chi connectivity index (χ3n) is 4.35. The smallest absolute Gasteiger partial charge is 0.326 e. The molecule has 1 aromatic heterocycles. The molecule has 126 valence electrons. The molecule has 1 amide bonds. The monoisotopic (exact) mass is 390 g/mol. The Morgan fingerprint density at radius 2 is 2.25 bits per heavy atom. The van der Waals surface area contributed by atoms with Gasteiger partial charge in [-0.3, -0.25) is 4.79 Å². The lowest BCUT2D eigenvalue weighted by Crippen LogP contribution is -2.42. The number of carboxylic acids is 1. The summed E-state index contributed by atoms with van der Waals surface area (Å²) >= 11 is 3.43. The van der Waals surface area contributed by atoms with Gasteiger partial charge in [0.2, 0.25) is 5.91 Å². The maximum atomic E-state index is 12.1. The number of benzene rings is 1. The Morgan fingerprint density at radius 1 is 1.42 bits per heavy atom. The molecule has 1 aliphatic carbocycles. The van der Waals surface area contributed by atoms with Crippen LogP contribution >= 0.6 is 15.9 Å². The van der Waals surface area contributed by atoms with Crippen molar-refractivity contribution < 1.29 is 14.7 Å². The second-order valence-electron chi connectivity index (χ2n) is 6.14. The topological polar surface area (TPSA) is 82.2 Å². The summed E-state index contributed by atoms with van der Waals surface area (Å²) in [5.74, 6) is -1.00. The van der Waals surface area contributed by atoms with Gasteiger partial charge in [-0.15, -0.1) is 0 Å². The van der Waals surface area contributed by atoms with Crippen molar-refractivity contribution >= 4 is 38.7 Å². The van der Waals surface area contributed by atoms with Crippen molar-refractivity contribution in [2.45, 2.75) is 31.7 Å². The molecule has 0 spiro atoms. The first-order chi connectivity index (χ1) is 11.5. The summed E-state index contributed by atoms with van der Waals surface area (Å²) in [4.78, 5) is 26.8. The lowest BCUT2D eigenvalue weighted by molar-refractivity contribution is -0.141. The summed E-state index contributed by atoms with van der Waals surface area (Å²) in [6, 6.07) is 4.88. The zero-order valence-electron chi connectivity index (χ0n) is 13.1. The van der Waals surface area contributed by atoms with Crippen LogP contribution in [0, 0.1) is 5.92 Å². The molecule has 24 heavy (non-hydrogen) atoms. The van der Waals surface area contributed by atoms with Crippen LogP contribution in [0.25, 0.3) is 10.9 Å². The molecule has 1 heterocycles. The van der Waals surface area contributed by atoms with E-state index in [2.05, 4.69) is 32.3 Å². The van der Waals surface area contributed by atoms with Gasteiger partial charge in [-0.25, -0.2) is 4.79 Å². The van der Waals surface area contributed by atoms with Crippen LogP contribution < -0.4 is 5.32 Å². The van der Waals surface area contributed by atoms with E-state index >= 15 is 0 Å². The van der Waals surface area contributed by atoms with E-state index in [9.17, 15) is 14.7 Å². The van der Waals surface area contributed by atoms with Gasteiger partial charge in [-0.2, -0.15) is 0 Å². The van der Waals surface area contributed by atoms with Crippen LogP contribution in [0.15, 0.2) is 41.0 Å². The van der Waals surface area contributed by atoms with Crippen molar-refractivity contribution in [3.8, 4) is 0 Å². The van der Waals surface area contributed by atoms with Gasteiger partial charge in [-0.1, -0.05) is 28.1 Å². The summed E-state index contributed by atoms with van der Waals surface area (Å²) in [6.45, 7) is 0. The Labute approximate surface area is 148 Å². The molecule has 1 aromatic carbocycles. The number of carbonyl (C=O) groups is 2. The number of aromatic nitrogens is 1. The number of H-pyrrole nitrogens is 1. The predicted octanol–water partition coefficient (Wildman–Crippen LogP) is 3.40. The number of amides is 1. The van der Waals surface area contributed by atoms with Gasteiger partial charge in [0, 0.05) is 34.4 Å². The summed E-state index contributed by atoms with van der Waals surface area (Å²) in [5.41, 5.74) is 1.82. The zero-order valence-corrected chi connectivity index (χ0v) is 14.7. The van der Waals surface area contributed by atoms with E-state index in [0.717, 1.165) is 33.8 Å². The lowest BCUT2D eigenvalue weighted by atomic mass is 10.0. The lowest BCUT2D eigenvalue weighted by Gasteiger charge is -2.15. The number of carbonyl (C=O) groups excluding carboxylic acids is 1. The first-order valence-corrected chi connectivity index (χ1v) is 8.76. The summed E-state index contributed by atoms with van der Waals surface area (Å²) in [6.07, 6.45) is 8.45. The molecular weight excluding hydrogens is 372 g/mol. The molecule has 1 aliphatic rings. The molecule has 0 aliphatic heterocycles. The summed E-state index contributed by atoms with van der Waals surface area (Å²) in [5, 5.41) is 13.1. The van der Waals surface area contributed by atoms with Crippen LogP contribution in [-0.2, 0) is 16.0 Å². The third-order valence-corrected chi connectivity index (χ3v) is 4.84. The van der Waals surface area contributed by atoms with Crippen LogP contribution in [0.1, 0.15) is 24.8 Å². The van der Waals surface area contributed by atoms with Crippen molar-refractivity contribution in [2.75, 3.05) is 0 Å². The quantitative estimate of drug-likeness (QED) is 0.661. The number of rotatable bonds is 6. The largest absolute Gasteiger partial charge is 0.480 e. The van der Waals surface area contributed by atoms with E-state index in [0.29, 0.717) is 6.42 Å². The maximum absolute atomic E-state index is 12.1. The molecule has 5 nitrogen and oxygen atoms in total. The standard InChI is InChI=1S/C18H19BrN2O3/c19-13-5-6-15-14(9-13)12(10-20-15)8-16(18(23)24)21-17(22)7-11-3-1-2-4-11/h1,3,5-6,9-11,16,20H,2,4,7-8H2,(H,21,22)(H,23,24). The highest BCUT2D eigenvalue weighted by Gasteiger charge is 2.23. The van der Waals surface area contributed by atoms with Crippen molar-refractivity contribution in [1.29, 1.82) is 0 Å².